The molecule has 0 saturated heterocycles. The quantitative estimate of drug-likeness (QED) is 0.478. The van der Waals surface area contributed by atoms with Crippen molar-refractivity contribution in [2.45, 2.75) is 51.4 Å². The molecule has 0 spiro atoms. The molecule has 0 aromatic carbocycles. The highest BCUT2D eigenvalue weighted by atomic mass is 16.3. The lowest BCUT2D eigenvalue weighted by atomic mass is 9.79. The molecule has 2 nitrogen and oxygen atoms in total. The van der Waals surface area contributed by atoms with Gasteiger partial charge in [0.1, 0.15) is 0 Å². The van der Waals surface area contributed by atoms with E-state index in [2.05, 4.69) is 11.9 Å². The maximum Gasteiger partial charge on any atom is 0.0462 e. The fraction of sp³-hybridized carbons (Fsp3) is 0.867. The van der Waals surface area contributed by atoms with Crippen molar-refractivity contribution in [1.29, 1.82) is 0 Å². The van der Waals surface area contributed by atoms with E-state index in [0.717, 1.165) is 19.5 Å². The molecule has 2 atom stereocenters. The van der Waals surface area contributed by atoms with Gasteiger partial charge in [0.05, 0.1) is 0 Å². The standard InChI is InChI=1S/C15H29NO/c1-2-3-4-5-8-11-16-12-14-9-6-7-10-15(14)13-17/h2,14-17H,1,3-13H2. The van der Waals surface area contributed by atoms with Crippen LogP contribution in [0.3, 0.4) is 0 Å². The van der Waals surface area contributed by atoms with Crippen molar-refractivity contribution in [1.82, 2.24) is 5.32 Å². The second-order valence-electron chi connectivity index (χ2n) is 5.33. The Balaban J connectivity index is 1.98. The van der Waals surface area contributed by atoms with Gasteiger partial charge in [0.2, 0.25) is 0 Å². The SMILES string of the molecule is C=CCCCCCNCC1CCCCC1CO. The van der Waals surface area contributed by atoms with Crippen LogP contribution < -0.4 is 5.32 Å². The van der Waals surface area contributed by atoms with Crippen LogP contribution in [0.2, 0.25) is 0 Å². The summed E-state index contributed by atoms with van der Waals surface area (Å²) in [6.45, 7) is 6.35. The second-order valence-corrected chi connectivity index (χ2v) is 5.33. The number of aliphatic hydroxyl groups is 1. The molecule has 1 aliphatic carbocycles. The van der Waals surface area contributed by atoms with Gasteiger partial charge in [-0.25, -0.2) is 0 Å². The molecule has 100 valence electrons. The summed E-state index contributed by atoms with van der Waals surface area (Å²) >= 11 is 0. The molecule has 1 fully saturated rings. The molecule has 0 aromatic heterocycles. The third-order valence-corrected chi connectivity index (χ3v) is 3.97. The molecule has 1 saturated carbocycles. The summed E-state index contributed by atoms with van der Waals surface area (Å²) in [5.41, 5.74) is 0. The average molecular weight is 239 g/mol. The van der Waals surface area contributed by atoms with Gasteiger partial charge in [-0.15, -0.1) is 6.58 Å². The molecule has 1 aliphatic rings. The summed E-state index contributed by atoms with van der Waals surface area (Å²) in [7, 11) is 0. The summed E-state index contributed by atoms with van der Waals surface area (Å²) in [5, 5.41) is 12.9. The van der Waals surface area contributed by atoms with Crippen molar-refractivity contribution in [3.05, 3.63) is 12.7 Å². The molecule has 2 heteroatoms. The Kier molecular flexibility index (Phi) is 8.37. The minimum absolute atomic E-state index is 0.381. The van der Waals surface area contributed by atoms with E-state index in [0.29, 0.717) is 18.4 Å². The lowest BCUT2D eigenvalue weighted by Crippen LogP contribution is -2.32. The smallest absolute Gasteiger partial charge is 0.0462 e. The summed E-state index contributed by atoms with van der Waals surface area (Å²) in [5.74, 6) is 1.26. The Morgan fingerprint density at radius 1 is 1.12 bits per heavy atom. The highest BCUT2D eigenvalue weighted by Gasteiger charge is 2.23. The van der Waals surface area contributed by atoms with Crippen molar-refractivity contribution in [3.63, 3.8) is 0 Å². The molecule has 0 aromatic rings. The van der Waals surface area contributed by atoms with E-state index >= 15 is 0 Å². The van der Waals surface area contributed by atoms with Gasteiger partial charge >= 0.3 is 0 Å². The predicted molar refractivity (Wildman–Crippen MR) is 74.1 cm³/mol. The molecule has 0 bridgehead atoms. The van der Waals surface area contributed by atoms with Gasteiger partial charge in [-0.2, -0.15) is 0 Å². The number of allylic oxidation sites excluding steroid dienone is 1. The number of rotatable bonds is 9. The van der Waals surface area contributed by atoms with Crippen molar-refractivity contribution < 1.29 is 5.11 Å². The third-order valence-electron chi connectivity index (χ3n) is 3.97. The second kappa shape index (κ2) is 9.67. The Bertz CT molecular complexity index is 193. The normalized spacial score (nSPS) is 24.8. The largest absolute Gasteiger partial charge is 0.396 e. The van der Waals surface area contributed by atoms with E-state index in [1.165, 1.54) is 44.9 Å². The molecule has 0 amide bonds. The first-order valence-electron chi connectivity index (χ1n) is 7.31. The number of hydrogen-bond donors (Lipinski definition) is 2. The van der Waals surface area contributed by atoms with E-state index in [4.69, 9.17) is 0 Å². The highest BCUT2D eigenvalue weighted by molar-refractivity contribution is 4.76. The van der Waals surface area contributed by atoms with Crippen molar-refractivity contribution in [2.24, 2.45) is 11.8 Å². The van der Waals surface area contributed by atoms with Gasteiger partial charge in [-0.05, 0) is 57.0 Å². The topological polar surface area (TPSA) is 32.3 Å². The lowest BCUT2D eigenvalue weighted by molar-refractivity contribution is 0.133. The minimum atomic E-state index is 0.381. The maximum atomic E-state index is 9.32. The number of aliphatic hydroxyl groups excluding tert-OH is 1. The molecule has 17 heavy (non-hydrogen) atoms. The van der Waals surface area contributed by atoms with E-state index in [1.807, 2.05) is 6.08 Å². The molecule has 2 unspecified atom stereocenters. The van der Waals surface area contributed by atoms with Crippen LogP contribution in [0.1, 0.15) is 51.4 Å². The summed E-state index contributed by atoms with van der Waals surface area (Å²) in [6.07, 6.45) is 12.2. The Morgan fingerprint density at radius 3 is 2.59 bits per heavy atom. The van der Waals surface area contributed by atoms with Crippen LogP contribution in [0.4, 0.5) is 0 Å². The first-order chi connectivity index (χ1) is 8.38. The van der Waals surface area contributed by atoms with Gasteiger partial charge in [-0.3, -0.25) is 0 Å². The van der Waals surface area contributed by atoms with Gasteiger partial charge in [0.25, 0.3) is 0 Å². The van der Waals surface area contributed by atoms with Crippen LogP contribution in [0.5, 0.6) is 0 Å². The Labute approximate surface area is 106 Å². The molecular weight excluding hydrogens is 210 g/mol. The maximum absolute atomic E-state index is 9.32. The minimum Gasteiger partial charge on any atom is -0.396 e. The van der Waals surface area contributed by atoms with Crippen molar-refractivity contribution >= 4 is 0 Å². The summed E-state index contributed by atoms with van der Waals surface area (Å²) in [4.78, 5) is 0. The highest BCUT2D eigenvalue weighted by Crippen LogP contribution is 2.28. The zero-order chi connectivity index (χ0) is 12.3. The van der Waals surface area contributed by atoms with Crippen LogP contribution in [0, 0.1) is 11.8 Å². The van der Waals surface area contributed by atoms with Gasteiger partial charge in [-0.1, -0.05) is 25.3 Å². The average Bonchev–Trinajstić information content (AvgIpc) is 2.38. The van der Waals surface area contributed by atoms with Crippen molar-refractivity contribution in [3.8, 4) is 0 Å². The summed E-state index contributed by atoms with van der Waals surface area (Å²) in [6, 6.07) is 0. The van der Waals surface area contributed by atoms with Crippen molar-refractivity contribution in [2.75, 3.05) is 19.7 Å². The first kappa shape index (κ1) is 14.7. The molecule has 0 heterocycles. The number of nitrogens with one attached hydrogen (secondary N) is 1. The Hall–Kier alpha value is -0.340. The Morgan fingerprint density at radius 2 is 1.88 bits per heavy atom. The first-order valence-corrected chi connectivity index (χ1v) is 7.31. The van der Waals surface area contributed by atoms with E-state index < -0.39 is 0 Å². The molecule has 2 N–H and O–H groups in total. The van der Waals surface area contributed by atoms with Gasteiger partial charge in [0.15, 0.2) is 0 Å². The lowest BCUT2D eigenvalue weighted by Gasteiger charge is -2.30. The predicted octanol–water partition coefficient (Wildman–Crippen LogP) is 3.12. The summed E-state index contributed by atoms with van der Waals surface area (Å²) < 4.78 is 0. The van der Waals surface area contributed by atoms with E-state index in [1.54, 1.807) is 0 Å². The van der Waals surface area contributed by atoms with Gasteiger partial charge in [0, 0.05) is 6.61 Å². The monoisotopic (exact) mass is 239 g/mol. The fourth-order valence-electron chi connectivity index (χ4n) is 2.80. The van der Waals surface area contributed by atoms with Crippen LogP contribution in [-0.4, -0.2) is 24.8 Å². The van der Waals surface area contributed by atoms with Crippen LogP contribution in [0.25, 0.3) is 0 Å². The number of hydrogen-bond acceptors (Lipinski definition) is 2. The molecular formula is C15H29NO. The van der Waals surface area contributed by atoms with Crippen LogP contribution in [-0.2, 0) is 0 Å². The van der Waals surface area contributed by atoms with Gasteiger partial charge < -0.3 is 10.4 Å². The zero-order valence-corrected chi connectivity index (χ0v) is 11.2. The van der Waals surface area contributed by atoms with E-state index in [9.17, 15) is 5.11 Å². The number of unbranched alkanes of at least 4 members (excludes halogenated alkanes) is 3. The van der Waals surface area contributed by atoms with Crippen LogP contribution in [0.15, 0.2) is 12.7 Å². The van der Waals surface area contributed by atoms with E-state index in [-0.39, 0.29) is 0 Å². The fourth-order valence-corrected chi connectivity index (χ4v) is 2.80. The molecule has 1 rings (SSSR count). The molecule has 0 radical (unpaired) electrons. The van der Waals surface area contributed by atoms with Crippen LogP contribution >= 0.6 is 0 Å². The molecule has 0 aliphatic heterocycles. The zero-order valence-electron chi connectivity index (χ0n) is 11.2. The third kappa shape index (κ3) is 6.23.